The van der Waals surface area contributed by atoms with Crippen molar-refractivity contribution in [2.75, 3.05) is 39.8 Å². The Kier molecular flexibility index (Phi) is 6.88. The fraction of sp³-hybridized carbons (Fsp3) is 0.947. The fourth-order valence-electron chi connectivity index (χ4n) is 5.76. The molecule has 6 heteroatoms. The van der Waals surface area contributed by atoms with E-state index in [2.05, 4.69) is 20.5 Å². The second-order valence-corrected chi connectivity index (χ2v) is 8.21. The smallest absolute Gasteiger partial charge is 0.191 e. The third kappa shape index (κ3) is 3.81. The summed E-state index contributed by atoms with van der Waals surface area (Å²) in [7, 11) is 1.90. The molecule has 2 aliphatic heterocycles. The maximum absolute atomic E-state index is 6.09. The maximum atomic E-state index is 6.09. The minimum atomic E-state index is 0. The van der Waals surface area contributed by atoms with Gasteiger partial charge in [0.25, 0.3) is 0 Å². The van der Waals surface area contributed by atoms with Crippen LogP contribution in [-0.2, 0) is 4.74 Å². The van der Waals surface area contributed by atoms with E-state index in [1.165, 1.54) is 64.5 Å². The van der Waals surface area contributed by atoms with Gasteiger partial charge in [-0.15, -0.1) is 24.0 Å². The summed E-state index contributed by atoms with van der Waals surface area (Å²) < 4.78 is 6.09. The van der Waals surface area contributed by atoms with Gasteiger partial charge < -0.3 is 20.3 Å². The SMILES string of the molecule is CN=C(NCCN1CCCCC1)NC1C2CCOC2C12CCCC2.I. The van der Waals surface area contributed by atoms with E-state index in [9.17, 15) is 0 Å². The number of rotatable bonds is 4. The number of aliphatic imine (C=N–C) groups is 1. The lowest BCUT2D eigenvalue weighted by atomic mass is 9.54. The van der Waals surface area contributed by atoms with Crippen LogP contribution in [0, 0.1) is 11.3 Å². The molecule has 1 spiro atoms. The Balaban J connectivity index is 0.00000182. The molecule has 5 nitrogen and oxygen atoms in total. The van der Waals surface area contributed by atoms with Crippen LogP contribution < -0.4 is 10.6 Å². The minimum absolute atomic E-state index is 0. The average Bonchev–Trinajstić information content (AvgIpc) is 3.27. The average molecular weight is 462 g/mol. The van der Waals surface area contributed by atoms with Crippen molar-refractivity contribution in [3.63, 3.8) is 0 Å². The number of nitrogens with one attached hydrogen (secondary N) is 2. The van der Waals surface area contributed by atoms with E-state index in [0.29, 0.717) is 23.5 Å². The predicted octanol–water partition coefficient (Wildman–Crippen LogP) is 2.60. The molecular formula is C19H35IN4O. The molecule has 2 saturated carbocycles. The zero-order valence-electron chi connectivity index (χ0n) is 15.6. The van der Waals surface area contributed by atoms with Crippen LogP contribution in [0.1, 0.15) is 51.4 Å². The van der Waals surface area contributed by atoms with Gasteiger partial charge in [-0.25, -0.2) is 0 Å². The second kappa shape index (κ2) is 8.74. The normalized spacial score (nSPS) is 34.3. The number of hydrogen-bond donors (Lipinski definition) is 2. The monoisotopic (exact) mass is 462 g/mol. The lowest BCUT2D eigenvalue weighted by molar-refractivity contribution is -0.125. The van der Waals surface area contributed by atoms with E-state index >= 15 is 0 Å². The Morgan fingerprint density at radius 2 is 1.92 bits per heavy atom. The molecule has 0 radical (unpaired) electrons. The Hall–Kier alpha value is -0.0800. The number of hydrogen-bond acceptors (Lipinski definition) is 3. The number of guanidine groups is 1. The van der Waals surface area contributed by atoms with Gasteiger partial charge in [-0.1, -0.05) is 19.3 Å². The molecule has 2 N–H and O–H groups in total. The summed E-state index contributed by atoms with van der Waals surface area (Å²) in [5.74, 6) is 1.69. The van der Waals surface area contributed by atoms with Crippen molar-refractivity contribution >= 4 is 29.9 Å². The Morgan fingerprint density at radius 3 is 2.64 bits per heavy atom. The highest BCUT2D eigenvalue weighted by Gasteiger charge is 2.65. The Morgan fingerprint density at radius 1 is 1.16 bits per heavy atom. The van der Waals surface area contributed by atoms with Crippen LogP contribution in [0.4, 0.5) is 0 Å². The molecule has 3 atom stereocenters. The molecule has 0 bridgehead atoms. The van der Waals surface area contributed by atoms with E-state index in [4.69, 9.17) is 4.74 Å². The second-order valence-electron chi connectivity index (χ2n) is 8.21. The molecular weight excluding hydrogens is 427 g/mol. The van der Waals surface area contributed by atoms with Crippen LogP contribution in [0.15, 0.2) is 4.99 Å². The van der Waals surface area contributed by atoms with Gasteiger partial charge in [0, 0.05) is 44.1 Å². The van der Waals surface area contributed by atoms with E-state index < -0.39 is 0 Å². The Bertz CT molecular complexity index is 460. The summed E-state index contributed by atoms with van der Waals surface area (Å²) in [4.78, 5) is 7.07. The molecule has 0 aromatic rings. The predicted molar refractivity (Wildman–Crippen MR) is 113 cm³/mol. The molecule has 4 aliphatic rings. The topological polar surface area (TPSA) is 48.9 Å². The number of piperidine rings is 1. The van der Waals surface area contributed by atoms with Crippen LogP contribution in [-0.4, -0.2) is 62.8 Å². The van der Waals surface area contributed by atoms with Crippen LogP contribution in [0.2, 0.25) is 0 Å². The van der Waals surface area contributed by atoms with Gasteiger partial charge in [-0.3, -0.25) is 4.99 Å². The molecule has 4 fully saturated rings. The summed E-state index contributed by atoms with van der Waals surface area (Å²) in [6, 6.07) is 0.564. The molecule has 0 aromatic carbocycles. The van der Waals surface area contributed by atoms with Crippen LogP contribution in [0.3, 0.4) is 0 Å². The zero-order chi connectivity index (χ0) is 16.4. The number of fused-ring (bicyclic) bond motifs is 2. The first-order valence-electron chi connectivity index (χ1n) is 10.1. The molecule has 0 aromatic heterocycles. The first kappa shape index (κ1) is 19.7. The summed E-state index contributed by atoms with van der Waals surface area (Å²) in [5.41, 5.74) is 0.395. The summed E-state index contributed by atoms with van der Waals surface area (Å²) in [6.07, 6.45) is 11.3. The molecule has 2 aliphatic carbocycles. The van der Waals surface area contributed by atoms with E-state index in [-0.39, 0.29) is 24.0 Å². The quantitative estimate of drug-likeness (QED) is 0.383. The van der Waals surface area contributed by atoms with Crippen molar-refractivity contribution in [3.8, 4) is 0 Å². The van der Waals surface area contributed by atoms with Crippen molar-refractivity contribution in [1.29, 1.82) is 0 Å². The zero-order valence-corrected chi connectivity index (χ0v) is 18.0. The molecule has 4 rings (SSSR count). The minimum Gasteiger partial charge on any atom is -0.377 e. The van der Waals surface area contributed by atoms with Gasteiger partial charge in [0.2, 0.25) is 0 Å². The lowest BCUT2D eigenvalue weighted by Gasteiger charge is -2.57. The molecule has 2 heterocycles. The fourth-order valence-corrected chi connectivity index (χ4v) is 5.76. The standard InChI is InChI=1S/C19H34N4O.HI/c1-20-18(21-10-13-23-11-5-2-6-12-23)22-16-15-7-14-24-17(15)19(16)8-3-4-9-19;/h15-17H,2-14H2,1H3,(H2,20,21,22);1H. The van der Waals surface area contributed by atoms with Crippen LogP contribution in [0.5, 0.6) is 0 Å². The van der Waals surface area contributed by atoms with Gasteiger partial charge in [-0.05, 0) is 45.2 Å². The number of ether oxygens (including phenoxy) is 1. The van der Waals surface area contributed by atoms with Gasteiger partial charge in [0.15, 0.2) is 5.96 Å². The number of likely N-dealkylation sites (tertiary alicyclic amines) is 1. The lowest BCUT2D eigenvalue weighted by Crippen LogP contribution is -2.69. The van der Waals surface area contributed by atoms with Crippen molar-refractivity contribution in [1.82, 2.24) is 15.5 Å². The number of halogens is 1. The van der Waals surface area contributed by atoms with Crippen LogP contribution in [0.25, 0.3) is 0 Å². The number of nitrogens with zero attached hydrogens (tertiary/aromatic N) is 2. The highest BCUT2D eigenvalue weighted by atomic mass is 127. The van der Waals surface area contributed by atoms with E-state index in [1.807, 2.05) is 7.05 Å². The van der Waals surface area contributed by atoms with Gasteiger partial charge in [0.05, 0.1) is 6.10 Å². The van der Waals surface area contributed by atoms with Gasteiger partial charge in [0.1, 0.15) is 0 Å². The van der Waals surface area contributed by atoms with Gasteiger partial charge >= 0.3 is 0 Å². The van der Waals surface area contributed by atoms with E-state index in [1.54, 1.807) is 0 Å². The first-order valence-corrected chi connectivity index (χ1v) is 10.1. The summed E-state index contributed by atoms with van der Waals surface area (Å²) >= 11 is 0. The Labute approximate surface area is 169 Å². The van der Waals surface area contributed by atoms with Crippen molar-refractivity contribution < 1.29 is 4.74 Å². The summed E-state index contributed by atoms with van der Waals surface area (Å²) in [6.45, 7) is 5.60. The summed E-state index contributed by atoms with van der Waals surface area (Å²) in [5, 5.41) is 7.34. The van der Waals surface area contributed by atoms with Crippen molar-refractivity contribution in [2.24, 2.45) is 16.3 Å². The molecule has 0 amide bonds. The third-order valence-corrected chi connectivity index (χ3v) is 6.97. The van der Waals surface area contributed by atoms with Crippen molar-refractivity contribution in [3.05, 3.63) is 0 Å². The third-order valence-electron chi connectivity index (χ3n) is 6.97. The molecule has 3 unspecified atom stereocenters. The van der Waals surface area contributed by atoms with Crippen molar-refractivity contribution in [2.45, 2.75) is 63.5 Å². The molecule has 2 saturated heterocycles. The highest BCUT2D eigenvalue weighted by Crippen LogP contribution is 2.60. The maximum Gasteiger partial charge on any atom is 0.191 e. The largest absolute Gasteiger partial charge is 0.377 e. The highest BCUT2D eigenvalue weighted by molar-refractivity contribution is 14.0. The van der Waals surface area contributed by atoms with Gasteiger partial charge in [-0.2, -0.15) is 0 Å². The molecule has 25 heavy (non-hydrogen) atoms. The van der Waals surface area contributed by atoms with E-state index in [0.717, 1.165) is 25.7 Å². The first-order chi connectivity index (χ1) is 11.8. The molecule has 144 valence electrons. The van der Waals surface area contributed by atoms with Crippen LogP contribution >= 0.6 is 24.0 Å².